The van der Waals surface area contributed by atoms with Crippen LogP contribution in [0.4, 0.5) is 0 Å². The third-order valence-corrected chi connectivity index (χ3v) is 4.07. The van der Waals surface area contributed by atoms with Crippen molar-refractivity contribution in [2.24, 2.45) is 5.92 Å². The minimum atomic E-state index is -0.445. The summed E-state index contributed by atoms with van der Waals surface area (Å²) in [7, 11) is 0. The fourth-order valence-corrected chi connectivity index (χ4v) is 2.59. The lowest BCUT2D eigenvalue weighted by Gasteiger charge is -2.23. The number of hydrogen-bond donors (Lipinski definition) is 3. The van der Waals surface area contributed by atoms with Crippen molar-refractivity contribution in [3.05, 3.63) is 0 Å². The maximum absolute atomic E-state index is 11.7. The predicted octanol–water partition coefficient (Wildman–Crippen LogP) is 1.06. The molecule has 1 aliphatic rings. The second-order valence-electron chi connectivity index (χ2n) is 5.52. The van der Waals surface area contributed by atoms with E-state index < -0.39 is 6.10 Å². The van der Waals surface area contributed by atoms with Crippen molar-refractivity contribution in [1.82, 2.24) is 10.6 Å². The summed E-state index contributed by atoms with van der Waals surface area (Å²) >= 11 is 0. The van der Waals surface area contributed by atoms with E-state index in [-0.39, 0.29) is 11.8 Å². The largest absolute Gasteiger partial charge is 0.391 e. The topological polar surface area (TPSA) is 70.6 Å². The van der Waals surface area contributed by atoms with Crippen LogP contribution in [0.1, 0.15) is 46.0 Å². The summed E-state index contributed by atoms with van der Waals surface area (Å²) in [6, 6.07) is 0. The molecule has 1 rings (SSSR count). The van der Waals surface area contributed by atoms with E-state index in [1.807, 2.05) is 0 Å². The highest BCUT2D eigenvalue weighted by Gasteiger charge is 2.17. The van der Waals surface area contributed by atoms with Crippen molar-refractivity contribution in [3.63, 3.8) is 0 Å². The first-order chi connectivity index (χ1) is 9.67. The molecule has 1 atom stereocenters. The van der Waals surface area contributed by atoms with E-state index in [9.17, 15) is 9.90 Å². The van der Waals surface area contributed by atoms with E-state index in [1.165, 1.54) is 0 Å². The molecule has 0 radical (unpaired) electrons. The Balaban J connectivity index is 2.07. The van der Waals surface area contributed by atoms with Crippen molar-refractivity contribution in [2.45, 2.75) is 58.2 Å². The van der Waals surface area contributed by atoms with Gasteiger partial charge >= 0.3 is 0 Å². The first-order valence-corrected chi connectivity index (χ1v) is 7.94. The van der Waals surface area contributed by atoms with Crippen LogP contribution in [0.3, 0.4) is 0 Å². The van der Waals surface area contributed by atoms with Crippen LogP contribution in [-0.2, 0) is 9.53 Å². The van der Waals surface area contributed by atoms with Crippen LogP contribution >= 0.6 is 0 Å². The second-order valence-corrected chi connectivity index (χ2v) is 5.52. The molecule has 1 aliphatic heterocycles. The summed E-state index contributed by atoms with van der Waals surface area (Å²) in [4.78, 5) is 11.7. The van der Waals surface area contributed by atoms with E-state index in [4.69, 9.17) is 4.74 Å². The van der Waals surface area contributed by atoms with Gasteiger partial charge < -0.3 is 20.5 Å². The van der Waals surface area contributed by atoms with Gasteiger partial charge in [0.2, 0.25) is 5.91 Å². The summed E-state index contributed by atoms with van der Waals surface area (Å²) in [6.07, 6.45) is 4.14. The van der Waals surface area contributed by atoms with Crippen molar-refractivity contribution >= 4 is 5.91 Å². The Labute approximate surface area is 122 Å². The fourth-order valence-electron chi connectivity index (χ4n) is 2.59. The molecule has 1 heterocycles. The molecule has 1 fully saturated rings. The maximum Gasteiger partial charge on any atom is 0.222 e. The Kier molecular flexibility index (Phi) is 8.82. The van der Waals surface area contributed by atoms with Gasteiger partial charge in [-0.25, -0.2) is 0 Å². The molecule has 20 heavy (non-hydrogen) atoms. The fraction of sp³-hybridized carbons (Fsp3) is 0.933. The third kappa shape index (κ3) is 6.68. The van der Waals surface area contributed by atoms with Gasteiger partial charge in [-0.3, -0.25) is 4.79 Å². The number of aliphatic hydroxyl groups excluding tert-OH is 1. The Hall–Kier alpha value is -0.650. The quantitative estimate of drug-likeness (QED) is 0.593. The number of ether oxygens (including phenoxy) is 1. The molecule has 0 spiro atoms. The standard InChI is InChI=1S/C15H30N2O3/c1-3-12(4-2)14(18)11-17-15(19)7-10-20-13-5-8-16-9-6-13/h12-14,16,18H,3-11H2,1-2H3,(H,17,19). The molecule has 1 amide bonds. The Morgan fingerprint density at radius 1 is 1.35 bits per heavy atom. The highest BCUT2D eigenvalue weighted by Crippen LogP contribution is 2.12. The predicted molar refractivity (Wildman–Crippen MR) is 79.5 cm³/mol. The van der Waals surface area contributed by atoms with Gasteiger partial charge in [0.05, 0.1) is 18.8 Å². The van der Waals surface area contributed by atoms with E-state index in [0.29, 0.717) is 25.7 Å². The van der Waals surface area contributed by atoms with E-state index >= 15 is 0 Å². The molecular formula is C15H30N2O3. The zero-order chi connectivity index (χ0) is 14.8. The Bertz CT molecular complexity index is 264. The summed E-state index contributed by atoms with van der Waals surface area (Å²) in [5.74, 6) is 0.227. The third-order valence-electron chi connectivity index (χ3n) is 4.07. The van der Waals surface area contributed by atoms with E-state index in [2.05, 4.69) is 24.5 Å². The molecular weight excluding hydrogens is 256 g/mol. The molecule has 0 saturated carbocycles. The lowest BCUT2D eigenvalue weighted by atomic mass is 9.96. The zero-order valence-electron chi connectivity index (χ0n) is 12.9. The monoisotopic (exact) mass is 286 g/mol. The first kappa shape index (κ1) is 17.4. The van der Waals surface area contributed by atoms with Crippen LogP contribution in [-0.4, -0.2) is 49.5 Å². The minimum Gasteiger partial charge on any atom is -0.391 e. The van der Waals surface area contributed by atoms with E-state index in [0.717, 1.165) is 38.8 Å². The van der Waals surface area contributed by atoms with Gasteiger partial charge in [-0.05, 0) is 31.8 Å². The van der Waals surface area contributed by atoms with Gasteiger partial charge in [0.1, 0.15) is 0 Å². The summed E-state index contributed by atoms with van der Waals surface area (Å²) < 4.78 is 5.69. The highest BCUT2D eigenvalue weighted by atomic mass is 16.5. The van der Waals surface area contributed by atoms with Crippen LogP contribution in [0, 0.1) is 5.92 Å². The molecule has 3 N–H and O–H groups in total. The lowest BCUT2D eigenvalue weighted by molar-refractivity contribution is -0.123. The molecule has 0 aromatic rings. The highest BCUT2D eigenvalue weighted by molar-refractivity contribution is 5.75. The molecule has 1 unspecified atom stereocenters. The van der Waals surface area contributed by atoms with Crippen LogP contribution in [0.5, 0.6) is 0 Å². The molecule has 1 saturated heterocycles. The second kappa shape index (κ2) is 10.1. The molecule has 5 heteroatoms. The van der Waals surface area contributed by atoms with Crippen LogP contribution in [0.25, 0.3) is 0 Å². The SMILES string of the molecule is CCC(CC)C(O)CNC(=O)CCOC1CCNCC1. The van der Waals surface area contributed by atoms with Crippen molar-refractivity contribution in [2.75, 3.05) is 26.2 Å². The van der Waals surface area contributed by atoms with Crippen molar-refractivity contribution in [3.8, 4) is 0 Å². The molecule has 0 bridgehead atoms. The number of carbonyl (C=O) groups is 1. The Morgan fingerprint density at radius 2 is 2.00 bits per heavy atom. The van der Waals surface area contributed by atoms with Gasteiger partial charge in [-0.1, -0.05) is 26.7 Å². The maximum atomic E-state index is 11.7. The number of nitrogens with one attached hydrogen (secondary N) is 2. The number of rotatable bonds is 9. The number of amides is 1. The van der Waals surface area contributed by atoms with E-state index in [1.54, 1.807) is 0 Å². The summed E-state index contributed by atoms with van der Waals surface area (Å²) in [5, 5.41) is 16.0. The minimum absolute atomic E-state index is 0.0380. The van der Waals surface area contributed by atoms with Gasteiger partial charge in [-0.2, -0.15) is 0 Å². The number of carbonyl (C=O) groups excluding carboxylic acids is 1. The van der Waals surface area contributed by atoms with Crippen LogP contribution < -0.4 is 10.6 Å². The zero-order valence-corrected chi connectivity index (χ0v) is 12.9. The molecule has 118 valence electrons. The van der Waals surface area contributed by atoms with Crippen molar-refractivity contribution in [1.29, 1.82) is 0 Å². The first-order valence-electron chi connectivity index (χ1n) is 7.94. The average Bonchev–Trinajstić information content (AvgIpc) is 2.47. The molecule has 0 aromatic heterocycles. The van der Waals surface area contributed by atoms with Gasteiger partial charge in [0.15, 0.2) is 0 Å². The number of aliphatic hydroxyl groups is 1. The molecule has 0 aliphatic carbocycles. The summed E-state index contributed by atoms with van der Waals surface area (Å²) in [6.45, 7) is 6.94. The number of hydrogen-bond acceptors (Lipinski definition) is 4. The lowest BCUT2D eigenvalue weighted by Crippen LogP contribution is -2.37. The van der Waals surface area contributed by atoms with Gasteiger partial charge in [0.25, 0.3) is 0 Å². The summed E-state index contributed by atoms with van der Waals surface area (Å²) in [5.41, 5.74) is 0. The number of piperidine rings is 1. The van der Waals surface area contributed by atoms with Gasteiger partial charge in [-0.15, -0.1) is 0 Å². The van der Waals surface area contributed by atoms with Crippen LogP contribution in [0.15, 0.2) is 0 Å². The van der Waals surface area contributed by atoms with Crippen LogP contribution in [0.2, 0.25) is 0 Å². The molecule has 5 nitrogen and oxygen atoms in total. The normalized spacial score (nSPS) is 18.2. The smallest absolute Gasteiger partial charge is 0.222 e. The average molecular weight is 286 g/mol. The Morgan fingerprint density at radius 3 is 2.60 bits per heavy atom. The molecule has 0 aromatic carbocycles. The van der Waals surface area contributed by atoms with Gasteiger partial charge in [0, 0.05) is 13.0 Å². The van der Waals surface area contributed by atoms with Crippen molar-refractivity contribution < 1.29 is 14.6 Å².